The van der Waals surface area contributed by atoms with Gasteiger partial charge in [0.2, 0.25) is 0 Å². The fraction of sp³-hybridized carbons (Fsp3) is 0.444. The Balaban J connectivity index is 1.95. The summed E-state index contributed by atoms with van der Waals surface area (Å²) in [6, 6.07) is 13.4. The fourth-order valence-electron chi connectivity index (χ4n) is 3.43. The number of hydrogen-bond donors (Lipinski definition) is 1. The van der Waals surface area contributed by atoms with Crippen LogP contribution in [0.15, 0.2) is 53.3 Å². The molecule has 1 aromatic carbocycles. The number of furan rings is 1. The summed E-state index contributed by atoms with van der Waals surface area (Å²) in [5.74, 6) is 0. The zero-order valence-electron chi connectivity index (χ0n) is 12.1. The first-order valence-electron chi connectivity index (χ1n) is 7.68. The van der Waals surface area contributed by atoms with Crippen molar-refractivity contribution in [1.29, 1.82) is 0 Å². The SMILES string of the molecule is CCCNC(c1ccoc1)C1(c2ccccc2)CCC1. The Labute approximate surface area is 121 Å². The Morgan fingerprint density at radius 1 is 1.20 bits per heavy atom. The summed E-state index contributed by atoms with van der Waals surface area (Å²) in [7, 11) is 0. The van der Waals surface area contributed by atoms with Gasteiger partial charge in [-0.3, -0.25) is 0 Å². The van der Waals surface area contributed by atoms with Gasteiger partial charge >= 0.3 is 0 Å². The van der Waals surface area contributed by atoms with Crippen molar-refractivity contribution in [2.75, 3.05) is 6.54 Å². The molecule has 0 radical (unpaired) electrons. The molecule has 3 rings (SSSR count). The molecule has 2 heteroatoms. The van der Waals surface area contributed by atoms with Crippen molar-refractivity contribution in [3.05, 3.63) is 60.1 Å². The van der Waals surface area contributed by atoms with E-state index in [0.29, 0.717) is 6.04 Å². The lowest BCUT2D eigenvalue weighted by molar-refractivity contribution is 0.169. The summed E-state index contributed by atoms with van der Waals surface area (Å²) >= 11 is 0. The van der Waals surface area contributed by atoms with E-state index in [1.807, 2.05) is 6.26 Å². The summed E-state index contributed by atoms with van der Waals surface area (Å²) in [6.45, 7) is 3.26. The van der Waals surface area contributed by atoms with Crippen molar-refractivity contribution >= 4 is 0 Å². The Morgan fingerprint density at radius 2 is 2.00 bits per heavy atom. The second-order valence-electron chi connectivity index (χ2n) is 5.82. The first-order valence-corrected chi connectivity index (χ1v) is 7.68. The number of nitrogens with one attached hydrogen (secondary N) is 1. The molecular formula is C18H23NO. The van der Waals surface area contributed by atoms with E-state index in [2.05, 4.69) is 48.6 Å². The van der Waals surface area contributed by atoms with Crippen molar-refractivity contribution in [2.24, 2.45) is 0 Å². The van der Waals surface area contributed by atoms with Crippen LogP contribution in [-0.4, -0.2) is 6.54 Å². The van der Waals surface area contributed by atoms with Crippen molar-refractivity contribution in [3.8, 4) is 0 Å². The van der Waals surface area contributed by atoms with E-state index in [0.717, 1.165) is 13.0 Å². The van der Waals surface area contributed by atoms with E-state index >= 15 is 0 Å². The second kappa shape index (κ2) is 5.84. The molecule has 1 aliphatic rings. The molecule has 0 spiro atoms. The Kier molecular flexibility index (Phi) is 3.93. The van der Waals surface area contributed by atoms with Gasteiger partial charge in [-0.1, -0.05) is 43.7 Å². The third-order valence-electron chi connectivity index (χ3n) is 4.62. The lowest BCUT2D eigenvalue weighted by Crippen LogP contribution is -2.46. The van der Waals surface area contributed by atoms with Crippen molar-refractivity contribution < 1.29 is 4.42 Å². The minimum Gasteiger partial charge on any atom is -0.472 e. The van der Waals surface area contributed by atoms with Crippen LogP contribution in [0, 0.1) is 0 Å². The predicted molar refractivity (Wildman–Crippen MR) is 81.7 cm³/mol. The topological polar surface area (TPSA) is 25.2 Å². The largest absolute Gasteiger partial charge is 0.472 e. The maximum atomic E-state index is 5.34. The van der Waals surface area contributed by atoms with Gasteiger partial charge in [0.15, 0.2) is 0 Å². The first-order chi connectivity index (χ1) is 9.87. The van der Waals surface area contributed by atoms with Gasteiger partial charge in [-0.2, -0.15) is 0 Å². The van der Waals surface area contributed by atoms with Gasteiger partial charge in [-0.15, -0.1) is 0 Å². The summed E-state index contributed by atoms with van der Waals surface area (Å²) < 4.78 is 5.34. The van der Waals surface area contributed by atoms with Crippen LogP contribution in [0.5, 0.6) is 0 Å². The molecule has 1 N–H and O–H groups in total. The molecule has 20 heavy (non-hydrogen) atoms. The second-order valence-corrected chi connectivity index (χ2v) is 5.82. The molecule has 0 aliphatic heterocycles. The van der Waals surface area contributed by atoms with Crippen LogP contribution in [-0.2, 0) is 5.41 Å². The molecule has 2 nitrogen and oxygen atoms in total. The molecule has 0 bridgehead atoms. The average Bonchev–Trinajstić information content (AvgIpc) is 2.96. The van der Waals surface area contributed by atoms with E-state index in [4.69, 9.17) is 4.42 Å². The van der Waals surface area contributed by atoms with Gasteiger partial charge in [0.1, 0.15) is 0 Å². The minimum absolute atomic E-state index is 0.236. The zero-order valence-corrected chi connectivity index (χ0v) is 12.1. The average molecular weight is 269 g/mol. The Bertz CT molecular complexity index is 514. The van der Waals surface area contributed by atoms with Crippen molar-refractivity contribution in [1.82, 2.24) is 5.32 Å². The van der Waals surface area contributed by atoms with Gasteiger partial charge in [0.25, 0.3) is 0 Å². The van der Waals surface area contributed by atoms with E-state index in [1.54, 1.807) is 6.26 Å². The summed E-state index contributed by atoms with van der Waals surface area (Å²) in [6.07, 6.45) is 8.66. The highest BCUT2D eigenvalue weighted by atomic mass is 16.3. The van der Waals surface area contributed by atoms with E-state index in [-0.39, 0.29) is 5.41 Å². The van der Waals surface area contributed by atoms with Crippen LogP contribution < -0.4 is 5.32 Å². The molecule has 0 amide bonds. The van der Waals surface area contributed by atoms with Crippen molar-refractivity contribution in [2.45, 2.75) is 44.1 Å². The monoisotopic (exact) mass is 269 g/mol. The molecule has 1 aliphatic carbocycles. The molecule has 0 saturated heterocycles. The molecule has 1 atom stereocenters. The van der Waals surface area contributed by atoms with Crippen molar-refractivity contribution in [3.63, 3.8) is 0 Å². The van der Waals surface area contributed by atoms with Crippen LogP contribution >= 0.6 is 0 Å². The van der Waals surface area contributed by atoms with Gasteiger partial charge in [0.05, 0.1) is 12.5 Å². The van der Waals surface area contributed by atoms with Gasteiger partial charge in [-0.25, -0.2) is 0 Å². The van der Waals surface area contributed by atoms with Crippen LogP contribution in [0.3, 0.4) is 0 Å². The van der Waals surface area contributed by atoms with E-state index < -0.39 is 0 Å². The molecule has 1 aromatic heterocycles. The van der Waals surface area contributed by atoms with Crippen LogP contribution in [0.25, 0.3) is 0 Å². The molecule has 1 fully saturated rings. The zero-order chi connectivity index (χ0) is 13.8. The lowest BCUT2D eigenvalue weighted by atomic mass is 9.59. The highest BCUT2D eigenvalue weighted by molar-refractivity contribution is 5.34. The smallest absolute Gasteiger partial charge is 0.0950 e. The highest BCUT2D eigenvalue weighted by Crippen LogP contribution is 2.52. The molecule has 1 heterocycles. The molecule has 2 aromatic rings. The number of hydrogen-bond acceptors (Lipinski definition) is 2. The molecule has 1 unspecified atom stereocenters. The quantitative estimate of drug-likeness (QED) is 0.838. The number of rotatable bonds is 6. The summed E-state index contributed by atoms with van der Waals surface area (Å²) in [5, 5.41) is 3.75. The Morgan fingerprint density at radius 3 is 2.55 bits per heavy atom. The van der Waals surface area contributed by atoms with Crippen LogP contribution in [0.2, 0.25) is 0 Å². The third kappa shape index (κ3) is 2.29. The Hall–Kier alpha value is -1.54. The van der Waals surface area contributed by atoms with E-state index in [1.165, 1.54) is 30.4 Å². The maximum absolute atomic E-state index is 5.34. The molecule has 1 saturated carbocycles. The van der Waals surface area contributed by atoms with Gasteiger partial charge < -0.3 is 9.73 Å². The van der Waals surface area contributed by atoms with E-state index in [9.17, 15) is 0 Å². The minimum atomic E-state index is 0.236. The summed E-state index contributed by atoms with van der Waals surface area (Å²) in [5.41, 5.74) is 2.98. The molecular weight excluding hydrogens is 246 g/mol. The highest BCUT2D eigenvalue weighted by Gasteiger charge is 2.46. The number of benzene rings is 1. The predicted octanol–water partition coefficient (Wildman–Crippen LogP) is 4.44. The van der Waals surface area contributed by atoms with Gasteiger partial charge in [0, 0.05) is 17.0 Å². The summed E-state index contributed by atoms with van der Waals surface area (Å²) in [4.78, 5) is 0. The fourth-order valence-corrected chi connectivity index (χ4v) is 3.43. The maximum Gasteiger partial charge on any atom is 0.0950 e. The van der Waals surface area contributed by atoms with Crippen LogP contribution in [0.1, 0.15) is 49.8 Å². The first kappa shape index (κ1) is 13.4. The standard InChI is InChI=1S/C18H23NO/c1-2-12-19-17(15-9-13-20-14-15)18(10-6-11-18)16-7-4-3-5-8-16/h3-5,7-9,13-14,17,19H,2,6,10-12H2,1H3. The molecule has 106 valence electrons. The normalized spacial score (nSPS) is 18.4. The van der Waals surface area contributed by atoms with Crippen LogP contribution in [0.4, 0.5) is 0 Å². The third-order valence-corrected chi connectivity index (χ3v) is 4.62. The van der Waals surface area contributed by atoms with Gasteiger partial charge in [-0.05, 0) is 37.4 Å². The lowest BCUT2D eigenvalue weighted by Gasteiger charge is -2.48.